The van der Waals surface area contributed by atoms with Crippen LogP contribution < -0.4 is 31.9 Å². The molecule has 3 aliphatic carbocycles. The van der Waals surface area contributed by atoms with Crippen molar-refractivity contribution in [3.8, 4) is 31.7 Å². The fraction of sp³-hybridized carbons (Fsp3) is 0.365. The van der Waals surface area contributed by atoms with Crippen molar-refractivity contribution < 1.29 is 73.8 Å². The number of carboxylic acid groups (broad SMARTS) is 2. The number of para-hydroxylation sites is 3. The molecule has 17 rings (SSSR count). The predicted octanol–water partition coefficient (Wildman–Crippen LogP) is 12.3. The number of aromatic nitrogens is 9. The Morgan fingerprint density at radius 2 is 0.754 bits per heavy atom. The molecule has 5 aliphatic rings. The Kier molecular flexibility index (Phi) is 24.3. The molecule has 0 radical (unpaired) electrons. The van der Waals surface area contributed by atoms with Gasteiger partial charge in [-0.1, -0.05) is 72.8 Å². The molecule has 13 N–H and O–H groups in total. The third-order valence-electron chi connectivity index (χ3n) is 21.5. The number of aliphatic hydroxyl groups is 5. The highest BCUT2D eigenvalue weighted by atomic mass is 32.1. The molecule has 33 heteroatoms. The average molecular weight is 1660 g/mol. The van der Waals surface area contributed by atoms with Gasteiger partial charge in [0.05, 0.1) is 125 Å². The van der Waals surface area contributed by atoms with E-state index in [1.165, 1.54) is 24.5 Å². The van der Waals surface area contributed by atoms with Gasteiger partial charge >= 0.3 is 17.9 Å². The monoisotopic (exact) mass is 1660 g/mol. The molecule has 2 aliphatic heterocycles. The van der Waals surface area contributed by atoms with Crippen molar-refractivity contribution in [2.45, 2.75) is 154 Å². The molecule has 8 heterocycles. The number of aryl methyl sites for hydroxylation is 3. The maximum Gasteiger partial charge on any atom is 0.337 e. The Morgan fingerprint density at radius 1 is 0.424 bits per heavy atom. The molecule has 30 nitrogen and oxygen atoms in total. The van der Waals surface area contributed by atoms with E-state index in [0.717, 1.165) is 79.9 Å². The summed E-state index contributed by atoms with van der Waals surface area (Å²) < 4.78 is 32.9. The second-order valence-electron chi connectivity index (χ2n) is 30.7. The van der Waals surface area contributed by atoms with Crippen LogP contribution >= 0.6 is 34.0 Å². The number of nitrogens with zero attached hydrogens (tertiary/aromatic N) is 9. The summed E-state index contributed by atoms with van der Waals surface area (Å²) >= 11 is 4.67. The number of nitrogens with one attached hydrogen (secondary N) is 6. The number of hydrogen-bond donors (Lipinski definition) is 13. The zero-order valence-corrected chi connectivity index (χ0v) is 68.2. The second kappa shape index (κ2) is 34.9. The lowest BCUT2D eigenvalue weighted by molar-refractivity contribution is -0.159. The molecule has 118 heavy (non-hydrogen) atoms. The number of aromatic carboxylic acids is 2. The molecule has 6 aromatic heterocycles. The van der Waals surface area contributed by atoms with Crippen LogP contribution in [0.15, 0.2) is 146 Å². The number of carbonyl (C=O) groups is 3. The molecule has 12 aromatic rings. The fourth-order valence-corrected chi connectivity index (χ4v) is 19.1. The lowest BCUT2D eigenvalue weighted by Crippen LogP contribution is -2.35. The average Bonchev–Trinajstić information content (AvgIpc) is 1.61. The fourth-order valence-electron chi connectivity index (χ4n) is 15.9. The first-order valence-electron chi connectivity index (χ1n) is 38.8. The summed E-state index contributed by atoms with van der Waals surface area (Å²) in [5.41, 5.74) is 10.5. The van der Waals surface area contributed by atoms with Crippen LogP contribution in [0, 0.1) is 38.5 Å². The van der Waals surface area contributed by atoms with E-state index in [0.29, 0.717) is 96.0 Å². The molecular weight excluding hydrogens is 1570 g/mol. The Hall–Kier alpha value is -10.9. The highest BCUT2D eigenvalue weighted by Crippen LogP contribution is 2.47. The normalized spacial score (nSPS) is 22.6. The summed E-state index contributed by atoms with van der Waals surface area (Å²) in [5, 5.41) is 91.8. The van der Waals surface area contributed by atoms with Gasteiger partial charge in [-0.2, -0.15) is 15.0 Å². The number of hydrogen-bond acceptors (Lipinski definition) is 31. The van der Waals surface area contributed by atoms with Gasteiger partial charge in [-0.3, -0.25) is 0 Å². The van der Waals surface area contributed by atoms with Crippen LogP contribution in [-0.4, -0.2) is 192 Å². The van der Waals surface area contributed by atoms with Crippen molar-refractivity contribution in [3.05, 3.63) is 196 Å². The zero-order chi connectivity index (χ0) is 82.8. The molecule has 0 spiro atoms. The highest BCUT2D eigenvalue weighted by Gasteiger charge is 2.56. The van der Waals surface area contributed by atoms with Gasteiger partial charge in [0.2, 0.25) is 17.8 Å². The van der Waals surface area contributed by atoms with Crippen molar-refractivity contribution in [2.75, 3.05) is 58.8 Å². The van der Waals surface area contributed by atoms with Crippen LogP contribution in [0.25, 0.3) is 62.4 Å². The zero-order valence-electron chi connectivity index (χ0n) is 65.8. The number of anilines is 6. The Morgan fingerprint density at radius 3 is 1.09 bits per heavy atom. The summed E-state index contributed by atoms with van der Waals surface area (Å²) in [7, 11) is 1.37. The lowest BCUT2D eigenvalue weighted by atomic mass is 10.1. The maximum atomic E-state index is 12.0. The van der Waals surface area contributed by atoms with E-state index in [1.807, 2.05) is 139 Å². The van der Waals surface area contributed by atoms with Crippen LogP contribution in [-0.2, 0) is 43.3 Å². The number of benzene rings is 6. The van der Waals surface area contributed by atoms with E-state index < -0.39 is 47.7 Å². The van der Waals surface area contributed by atoms with Gasteiger partial charge in [-0.25, -0.2) is 44.3 Å². The number of rotatable bonds is 24. The van der Waals surface area contributed by atoms with Crippen molar-refractivity contribution in [1.82, 2.24) is 44.9 Å². The van der Waals surface area contributed by atoms with Crippen molar-refractivity contribution in [1.29, 1.82) is 0 Å². The van der Waals surface area contributed by atoms with Gasteiger partial charge in [0.15, 0.2) is 11.6 Å². The van der Waals surface area contributed by atoms with Gasteiger partial charge in [-0.15, -0.1) is 34.0 Å². The molecule has 3 saturated carbocycles. The SMILES string of the molecule is COC(=O)c1cccc(CNc2nc(C)c(-c3nc4ccccc4s3)c(N[C@@H]3C[C@H](CO)[C@H]4OC(C)(C)OC34)n2)c1.Cc1nc(NCc2cccc(C(=O)O)c2)nc(N[C@@H]2C[C@H](CO)[C@@H](O)C2O)c1-c1nc2ccccc2s1.Cc1nc(NCc2cccc(C(=O)O)c2)nc(N[C@@H]2C[C@H](CO)[C@H]3OC(C)(C)OC23)c1-c1nc2ccccc2s1. The molecule has 0 bridgehead atoms. The number of methoxy groups -OCH3 is 1. The topological polar surface area (TPSA) is 427 Å². The molecule has 12 atom stereocenters. The maximum absolute atomic E-state index is 12.0. The minimum atomic E-state index is -1.08. The standard InChI is InChI=1S/C30H33N5O5S.C29H31N5O5S.C26H27N5O5S/c1-16-23(27-34-20-10-5-6-11-22(20)41-27)26(33-21-13-19(15-36)24-25(21)40-30(2,3)39-24)35-29(32-16)31-14-17-8-7-9-18(12-17)28(37)38-4;1-15-22(26-33-19-9-4-5-10-21(19)40-26)25(32-20-12-18(14-35)23-24(20)39-29(2,3)38-23)34-28(31-15)30-13-16-7-6-8-17(11-16)27(36)37;1-13-20(24-30-17-7-2-3-8-19(17)37-24)23(29-18-10-16(12-32)21(33)22(18)34)31-26(28-13)27-11-14-5-4-6-15(9-14)25(35)36/h5-12,19,21,24-25,36H,13-15H2,1-4H3,(H2,31,32,33,35);4-11,18,20,23-24,35H,12-14H2,1-3H3,(H,36,37)(H2,30,31,32,34);2-9,16,18,21-22,32-34H,10-12H2,1H3,(H,35,36)(H2,27,28,29,31)/t19-,21-,24-,25?;18-,20-,23-,24?;16-,18-,21-,22?/m111/s1. The molecular formula is C85H91N15O15S3. The van der Waals surface area contributed by atoms with Crippen LogP contribution in [0.1, 0.15) is 112 Å². The first-order valence-corrected chi connectivity index (χ1v) is 41.2. The van der Waals surface area contributed by atoms with Crippen molar-refractivity contribution in [3.63, 3.8) is 0 Å². The van der Waals surface area contributed by atoms with E-state index in [-0.39, 0.29) is 85.3 Å². The number of aliphatic hydroxyl groups excluding tert-OH is 5. The summed E-state index contributed by atoms with van der Waals surface area (Å²) in [5.74, 6) is -1.52. The quantitative estimate of drug-likeness (QED) is 0.0250. The first-order chi connectivity index (χ1) is 56.8. The van der Waals surface area contributed by atoms with Gasteiger partial charge in [0, 0.05) is 57.2 Å². The summed E-state index contributed by atoms with van der Waals surface area (Å²) in [4.78, 5) is 77.8. The van der Waals surface area contributed by atoms with E-state index in [9.17, 15) is 50.1 Å². The summed E-state index contributed by atoms with van der Waals surface area (Å²) in [6.07, 6.45) is -1.33. The van der Waals surface area contributed by atoms with Gasteiger partial charge in [0.25, 0.3) is 0 Å². The van der Waals surface area contributed by atoms with Crippen LogP contribution in [0.3, 0.4) is 0 Å². The summed E-state index contributed by atoms with van der Waals surface area (Å²) in [6, 6.07) is 43.6. The number of thiazole rings is 3. The smallest absolute Gasteiger partial charge is 0.337 e. The molecule has 614 valence electrons. The minimum absolute atomic E-state index is 0.00846. The number of fused-ring (bicyclic) bond motifs is 5. The number of ether oxygens (including phenoxy) is 5. The molecule has 5 fully saturated rings. The molecule has 0 amide bonds. The third kappa shape index (κ3) is 18.1. The summed E-state index contributed by atoms with van der Waals surface area (Å²) in [6.45, 7) is 14.2. The highest BCUT2D eigenvalue weighted by molar-refractivity contribution is 7.22. The van der Waals surface area contributed by atoms with Crippen molar-refractivity contribution >= 4 is 118 Å². The van der Waals surface area contributed by atoms with Crippen LogP contribution in [0.4, 0.5) is 35.3 Å². The number of carboxylic acids is 2. The van der Waals surface area contributed by atoms with Gasteiger partial charge in [0.1, 0.15) is 50.8 Å². The first kappa shape index (κ1) is 82.2. The Labute approximate surface area is 690 Å². The van der Waals surface area contributed by atoms with E-state index >= 15 is 0 Å². The number of carbonyl (C=O) groups excluding carboxylic acids is 1. The van der Waals surface area contributed by atoms with Crippen LogP contribution in [0.5, 0.6) is 0 Å². The molecule has 3 unspecified atom stereocenters. The van der Waals surface area contributed by atoms with Crippen molar-refractivity contribution in [2.24, 2.45) is 17.8 Å². The van der Waals surface area contributed by atoms with E-state index in [4.69, 9.17) is 58.6 Å². The minimum Gasteiger partial charge on any atom is -0.478 e. The van der Waals surface area contributed by atoms with Gasteiger partial charge < -0.3 is 91.3 Å². The van der Waals surface area contributed by atoms with E-state index in [2.05, 4.69) is 47.9 Å². The predicted molar refractivity (Wildman–Crippen MR) is 450 cm³/mol. The lowest BCUT2D eigenvalue weighted by Gasteiger charge is -2.25. The van der Waals surface area contributed by atoms with Gasteiger partial charge in [-0.05, 0) is 157 Å². The second-order valence-corrected chi connectivity index (χ2v) is 33.8. The Bertz CT molecular complexity index is 5590. The molecule has 6 aromatic carbocycles. The van der Waals surface area contributed by atoms with E-state index in [1.54, 1.807) is 65.1 Å². The number of esters is 1. The largest absolute Gasteiger partial charge is 0.478 e. The third-order valence-corrected chi connectivity index (χ3v) is 24.6. The van der Waals surface area contributed by atoms with Crippen LogP contribution in [0.2, 0.25) is 0 Å². The Balaban J connectivity index is 0.000000139. The molecule has 2 saturated heterocycles.